The third-order valence-corrected chi connectivity index (χ3v) is 1.55. The van der Waals surface area contributed by atoms with Gasteiger partial charge in [0.05, 0.1) is 0 Å². The van der Waals surface area contributed by atoms with Gasteiger partial charge in [-0.2, -0.15) is 0 Å². The molecule has 12 heavy (non-hydrogen) atoms. The number of hydrogen-bond donors (Lipinski definition) is 1. The first kappa shape index (κ1) is 15.5. The van der Waals surface area contributed by atoms with Crippen LogP contribution in [0.4, 0.5) is 0 Å². The van der Waals surface area contributed by atoms with Crippen molar-refractivity contribution in [1.29, 1.82) is 0 Å². The van der Waals surface area contributed by atoms with Gasteiger partial charge in [-0.05, 0) is 32.5 Å². The second-order valence-electron chi connectivity index (χ2n) is 2.95. The van der Waals surface area contributed by atoms with E-state index in [1.165, 1.54) is 0 Å². The molecule has 0 fully saturated rings. The summed E-state index contributed by atoms with van der Waals surface area (Å²) in [5.74, 6) is 0. The number of aliphatic hydroxyl groups excluding tert-OH is 1. The van der Waals surface area contributed by atoms with Crippen LogP contribution < -0.4 is 0 Å². The Morgan fingerprint density at radius 3 is 1.92 bits per heavy atom. The van der Waals surface area contributed by atoms with Crippen molar-refractivity contribution in [3.05, 3.63) is 6.92 Å². The summed E-state index contributed by atoms with van der Waals surface area (Å²) < 4.78 is 0. The van der Waals surface area contributed by atoms with E-state index in [-0.39, 0.29) is 32.7 Å². The molecule has 0 aromatic rings. The van der Waals surface area contributed by atoms with Crippen LogP contribution in [0.5, 0.6) is 0 Å². The number of aliphatic hydroxyl groups is 1. The van der Waals surface area contributed by atoms with Crippen LogP contribution in [0.25, 0.3) is 0 Å². The molecular weight excluding hydrogens is 227 g/mol. The molecule has 0 aliphatic carbocycles. The van der Waals surface area contributed by atoms with Crippen molar-refractivity contribution in [3.8, 4) is 0 Å². The van der Waals surface area contributed by atoms with Crippen LogP contribution in [0.15, 0.2) is 0 Å². The van der Waals surface area contributed by atoms with Crippen molar-refractivity contribution < 1.29 is 37.8 Å². The van der Waals surface area contributed by atoms with Gasteiger partial charge < -0.3 is 16.9 Å². The van der Waals surface area contributed by atoms with E-state index in [1.54, 1.807) is 0 Å². The number of nitrogens with zero attached hydrogens (tertiary/aromatic N) is 1. The molecule has 0 heterocycles. The summed E-state index contributed by atoms with van der Waals surface area (Å²) >= 11 is 0. The van der Waals surface area contributed by atoms with E-state index in [9.17, 15) is 0 Å². The van der Waals surface area contributed by atoms with Crippen LogP contribution in [-0.2, 0) is 32.7 Å². The first-order valence-electron chi connectivity index (χ1n) is 4.44. The summed E-state index contributed by atoms with van der Waals surface area (Å²) in [5.41, 5.74) is 0. The minimum atomic E-state index is -0.437. The zero-order valence-corrected chi connectivity index (χ0v) is 11.1. The molecule has 0 spiro atoms. The van der Waals surface area contributed by atoms with Gasteiger partial charge in [0.25, 0.3) is 0 Å². The Morgan fingerprint density at radius 2 is 1.67 bits per heavy atom. The van der Waals surface area contributed by atoms with Crippen molar-refractivity contribution >= 4 is 0 Å². The van der Waals surface area contributed by atoms with Gasteiger partial charge in [0.15, 0.2) is 0 Å². The summed E-state index contributed by atoms with van der Waals surface area (Å²) in [6, 6.07) is 0. The van der Waals surface area contributed by atoms with E-state index in [1.807, 2.05) is 0 Å². The molecule has 0 saturated heterocycles. The fourth-order valence-corrected chi connectivity index (χ4v) is 1.22. The molecule has 0 rings (SSSR count). The summed E-state index contributed by atoms with van der Waals surface area (Å²) in [7, 11) is 0. The van der Waals surface area contributed by atoms with Crippen molar-refractivity contribution in [2.45, 2.75) is 32.8 Å². The first-order valence-corrected chi connectivity index (χ1v) is 4.44. The summed E-state index contributed by atoms with van der Waals surface area (Å²) in [4.78, 5) is 2.25. The third kappa shape index (κ3) is 9.11. The fraction of sp³-hybridized carbons (Fsp3) is 0.889. The van der Waals surface area contributed by atoms with Crippen LogP contribution in [0.1, 0.15) is 26.7 Å². The van der Waals surface area contributed by atoms with E-state index in [0.717, 1.165) is 25.9 Å². The van der Waals surface area contributed by atoms with Gasteiger partial charge in [0, 0.05) is 32.7 Å². The fourth-order valence-electron chi connectivity index (χ4n) is 1.22. The van der Waals surface area contributed by atoms with E-state index >= 15 is 0 Å². The molecule has 1 radical (unpaired) electrons. The molecule has 1 unspecified atom stereocenters. The van der Waals surface area contributed by atoms with Gasteiger partial charge in [-0.15, -0.1) is 0 Å². The smallest absolute Gasteiger partial charge is 0 e. The quantitative estimate of drug-likeness (QED) is 0.715. The van der Waals surface area contributed by atoms with Crippen LogP contribution in [-0.4, -0.2) is 35.7 Å². The van der Waals surface area contributed by atoms with E-state index < -0.39 is 6.10 Å². The van der Waals surface area contributed by atoms with Gasteiger partial charge in [-0.25, -0.2) is 0 Å². The molecule has 1 N–H and O–H groups in total. The molecule has 0 saturated carbocycles. The van der Waals surface area contributed by atoms with Crippen molar-refractivity contribution in [1.82, 2.24) is 4.90 Å². The van der Waals surface area contributed by atoms with Gasteiger partial charge in [-0.3, -0.25) is 0 Å². The van der Waals surface area contributed by atoms with Gasteiger partial charge in [0.1, 0.15) is 0 Å². The topological polar surface area (TPSA) is 23.5 Å². The molecule has 71 valence electrons. The van der Waals surface area contributed by atoms with E-state index in [2.05, 4.69) is 25.7 Å². The molecule has 0 bridgehead atoms. The predicted octanol–water partition coefficient (Wildman–Crippen LogP) is 1.30. The second kappa shape index (κ2) is 10.1. The largest absolute Gasteiger partial charge is 0.424 e. The minimum absolute atomic E-state index is 0. The Labute approximate surface area is 102 Å². The van der Waals surface area contributed by atoms with Crippen LogP contribution >= 0.6 is 0 Å². The summed E-state index contributed by atoms with van der Waals surface area (Å²) in [5, 5.41) is 9.02. The Balaban J connectivity index is 0. The Hall–Kier alpha value is 1.02. The van der Waals surface area contributed by atoms with Crippen molar-refractivity contribution in [2.75, 3.05) is 19.6 Å². The SMILES string of the molecule is [CH2-]C(O)CN(CCC)CCC.[Y]. The molecule has 3 heteroatoms. The average Bonchev–Trinajstić information content (AvgIpc) is 1.87. The van der Waals surface area contributed by atoms with Crippen LogP contribution in [0.2, 0.25) is 0 Å². The van der Waals surface area contributed by atoms with Crippen LogP contribution in [0, 0.1) is 6.92 Å². The Kier molecular flexibility index (Phi) is 13.0. The third-order valence-electron chi connectivity index (χ3n) is 1.55. The zero-order chi connectivity index (χ0) is 8.69. The maximum absolute atomic E-state index is 9.02. The molecule has 0 aromatic carbocycles. The zero-order valence-electron chi connectivity index (χ0n) is 8.29. The molecule has 0 aromatic heterocycles. The Bertz CT molecular complexity index is 82.6. The predicted molar refractivity (Wildman–Crippen MR) is 48.4 cm³/mol. The van der Waals surface area contributed by atoms with Gasteiger partial charge in [0.2, 0.25) is 0 Å². The normalized spacial score (nSPS) is 12.8. The number of hydrogen-bond acceptors (Lipinski definition) is 2. The molecule has 0 aliphatic rings. The van der Waals surface area contributed by atoms with Crippen LogP contribution in [0.3, 0.4) is 0 Å². The average molecular weight is 247 g/mol. The standard InChI is InChI=1S/C9H20NO.Y/c1-4-6-10(7-5-2)8-9(3)11;/h9,11H,3-8H2,1-2H3;/q-1;. The van der Waals surface area contributed by atoms with Gasteiger partial charge in [-0.1, -0.05) is 20.0 Å². The minimum Gasteiger partial charge on any atom is -0.424 e. The maximum atomic E-state index is 9.02. The summed E-state index contributed by atoms with van der Waals surface area (Å²) in [6.07, 6.45) is 1.85. The Morgan fingerprint density at radius 1 is 1.25 bits per heavy atom. The molecular formula is C9H20NOY-. The van der Waals surface area contributed by atoms with E-state index in [4.69, 9.17) is 5.11 Å². The molecule has 1 atom stereocenters. The molecule has 0 amide bonds. The van der Waals surface area contributed by atoms with Crippen molar-refractivity contribution in [2.24, 2.45) is 0 Å². The van der Waals surface area contributed by atoms with Gasteiger partial charge >= 0.3 is 0 Å². The molecule has 2 nitrogen and oxygen atoms in total. The second-order valence-corrected chi connectivity index (χ2v) is 2.95. The van der Waals surface area contributed by atoms with E-state index in [0.29, 0.717) is 6.54 Å². The monoisotopic (exact) mass is 247 g/mol. The first-order chi connectivity index (χ1) is 5.20. The summed E-state index contributed by atoms with van der Waals surface area (Å²) in [6.45, 7) is 10.7. The molecule has 0 aliphatic heterocycles. The van der Waals surface area contributed by atoms with Crippen molar-refractivity contribution in [3.63, 3.8) is 0 Å². The maximum Gasteiger partial charge on any atom is 0 e. The number of rotatable bonds is 6.